The van der Waals surface area contributed by atoms with Gasteiger partial charge in [-0.1, -0.05) is 43.2 Å². The van der Waals surface area contributed by atoms with Gasteiger partial charge < -0.3 is 10.1 Å². The first kappa shape index (κ1) is 20.3. The number of hydrogen-bond acceptors (Lipinski definition) is 5. The van der Waals surface area contributed by atoms with E-state index in [0.717, 1.165) is 45.3 Å². The molecule has 0 bridgehead atoms. The van der Waals surface area contributed by atoms with Crippen LogP contribution in [0.1, 0.15) is 37.7 Å². The molecule has 0 unspecified atom stereocenters. The van der Waals surface area contributed by atoms with Crippen molar-refractivity contribution in [3.05, 3.63) is 35.9 Å². The van der Waals surface area contributed by atoms with E-state index >= 15 is 0 Å². The maximum absolute atomic E-state index is 12.2. The Morgan fingerprint density at radius 3 is 2.67 bits per heavy atom. The van der Waals surface area contributed by atoms with Crippen molar-refractivity contribution in [1.29, 1.82) is 0 Å². The molecule has 1 aliphatic carbocycles. The monoisotopic (exact) mass is 394 g/mol. The Balaban J connectivity index is 1.38. The minimum absolute atomic E-state index is 0.0410. The number of carbonyl (C=O) groups is 1. The number of nitrogens with one attached hydrogen (secondary N) is 1. The second-order valence-corrected chi connectivity index (χ2v) is 9.94. The summed E-state index contributed by atoms with van der Waals surface area (Å²) in [4.78, 5) is 14.4. The first-order valence-corrected chi connectivity index (χ1v) is 11.6. The summed E-state index contributed by atoms with van der Waals surface area (Å²) in [5.74, 6) is -0.254. The lowest BCUT2D eigenvalue weighted by atomic mass is 10.2. The molecule has 1 heterocycles. The Morgan fingerprint density at radius 2 is 1.93 bits per heavy atom. The zero-order valence-corrected chi connectivity index (χ0v) is 16.6. The largest absolute Gasteiger partial charge is 0.374 e. The average Bonchev–Trinajstić information content (AvgIpc) is 3.22. The highest BCUT2D eigenvalue weighted by Crippen LogP contribution is 2.25. The smallest absolute Gasteiger partial charge is 0.221 e. The SMILES string of the molecule is O=C(CCS(=O)(=O)C1CCCC1)NC[C@@H]1CN(Cc2ccccc2)CCO1. The van der Waals surface area contributed by atoms with E-state index in [2.05, 4.69) is 22.3 Å². The number of carbonyl (C=O) groups excluding carboxylic acids is 1. The van der Waals surface area contributed by atoms with Crippen LogP contribution in [0.2, 0.25) is 0 Å². The Kier molecular flexibility index (Phi) is 7.26. The van der Waals surface area contributed by atoms with Crippen molar-refractivity contribution in [3.63, 3.8) is 0 Å². The van der Waals surface area contributed by atoms with Crippen LogP contribution in [-0.4, -0.2) is 62.6 Å². The topological polar surface area (TPSA) is 75.7 Å². The number of morpholine rings is 1. The number of nitrogens with zero attached hydrogens (tertiary/aromatic N) is 1. The molecule has 6 nitrogen and oxygen atoms in total. The van der Waals surface area contributed by atoms with Gasteiger partial charge in [-0.05, 0) is 18.4 Å². The zero-order chi connectivity index (χ0) is 19.1. The van der Waals surface area contributed by atoms with Gasteiger partial charge in [0.2, 0.25) is 5.91 Å². The molecule has 7 heteroatoms. The predicted molar refractivity (Wildman–Crippen MR) is 105 cm³/mol. The Morgan fingerprint density at radius 1 is 1.19 bits per heavy atom. The highest BCUT2D eigenvalue weighted by atomic mass is 32.2. The van der Waals surface area contributed by atoms with Crippen LogP contribution in [0.4, 0.5) is 0 Å². The molecule has 1 saturated carbocycles. The van der Waals surface area contributed by atoms with Crippen LogP contribution in [0.3, 0.4) is 0 Å². The fourth-order valence-electron chi connectivity index (χ4n) is 3.85. The predicted octanol–water partition coefficient (Wildman–Crippen LogP) is 1.75. The molecule has 3 rings (SSSR count). The van der Waals surface area contributed by atoms with Gasteiger partial charge in [0.1, 0.15) is 0 Å². The van der Waals surface area contributed by atoms with E-state index in [1.807, 2.05) is 18.2 Å². The first-order chi connectivity index (χ1) is 13.0. The molecular formula is C20H30N2O4S. The number of sulfone groups is 1. The van der Waals surface area contributed by atoms with Gasteiger partial charge in [0.25, 0.3) is 0 Å². The lowest BCUT2D eigenvalue weighted by Gasteiger charge is -2.33. The maximum Gasteiger partial charge on any atom is 0.221 e. The number of rotatable bonds is 8. The Hall–Kier alpha value is -1.44. The van der Waals surface area contributed by atoms with Crippen LogP contribution in [0.25, 0.3) is 0 Å². The van der Waals surface area contributed by atoms with Gasteiger partial charge in [-0.2, -0.15) is 0 Å². The zero-order valence-electron chi connectivity index (χ0n) is 15.8. The summed E-state index contributed by atoms with van der Waals surface area (Å²) in [6, 6.07) is 10.3. The lowest BCUT2D eigenvalue weighted by Crippen LogP contribution is -2.47. The molecule has 1 amide bonds. The molecule has 2 fully saturated rings. The van der Waals surface area contributed by atoms with E-state index in [-0.39, 0.29) is 29.4 Å². The molecule has 0 radical (unpaired) electrons. The van der Waals surface area contributed by atoms with E-state index in [1.54, 1.807) is 0 Å². The minimum Gasteiger partial charge on any atom is -0.374 e. The third-order valence-corrected chi connectivity index (χ3v) is 7.68. The van der Waals surface area contributed by atoms with Crippen LogP contribution in [0, 0.1) is 0 Å². The maximum atomic E-state index is 12.2. The van der Waals surface area contributed by atoms with E-state index in [0.29, 0.717) is 13.2 Å². The molecule has 27 heavy (non-hydrogen) atoms. The number of ether oxygens (including phenoxy) is 1. The Bertz CT molecular complexity index is 702. The van der Waals surface area contributed by atoms with Crippen molar-refractivity contribution in [2.24, 2.45) is 0 Å². The standard InChI is InChI=1S/C20H30N2O4S/c23-20(10-13-27(24,25)19-8-4-5-9-19)21-14-18-16-22(11-12-26-18)15-17-6-2-1-3-7-17/h1-3,6-7,18-19H,4-5,8-16H2,(H,21,23)/t18-/m1/s1. The van der Waals surface area contributed by atoms with E-state index in [4.69, 9.17) is 4.74 Å². The fourth-order valence-corrected chi connectivity index (χ4v) is 5.71. The summed E-state index contributed by atoms with van der Waals surface area (Å²) >= 11 is 0. The molecule has 1 aromatic carbocycles. The van der Waals surface area contributed by atoms with Crippen LogP contribution in [0.15, 0.2) is 30.3 Å². The third kappa shape index (κ3) is 6.30. The van der Waals surface area contributed by atoms with Crippen molar-refractivity contribution in [1.82, 2.24) is 10.2 Å². The van der Waals surface area contributed by atoms with Crippen molar-refractivity contribution >= 4 is 15.7 Å². The fraction of sp³-hybridized carbons (Fsp3) is 0.650. The van der Waals surface area contributed by atoms with Gasteiger partial charge >= 0.3 is 0 Å². The van der Waals surface area contributed by atoms with Gasteiger partial charge in [-0.15, -0.1) is 0 Å². The van der Waals surface area contributed by atoms with E-state index in [1.165, 1.54) is 5.56 Å². The van der Waals surface area contributed by atoms with Crippen LogP contribution < -0.4 is 5.32 Å². The van der Waals surface area contributed by atoms with Crippen molar-refractivity contribution in [3.8, 4) is 0 Å². The third-order valence-electron chi connectivity index (χ3n) is 5.42. The molecule has 2 aliphatic rings. The normalized spacial score (nSPS) is 22.0. The summed E-state index contributed by atoms with van der Waals surface area (Å²) in [5.41, 5.74) is 1.26. The van der Waals surface area contributed by atoms with Gasteiger partial charge in [0.05, 0.1) is 23.7 Å². The van der Waals surface area contributed by atoms with Gasteiger partial charge in [-0.25, -0.2) is 8.42 Å². The average molecular weight is 395 g/mol. The Labute approximate surface area is 162 Å². The summed E-state index contributed by atoms with van der Waals surface area (Å²) < 4.78 is 30.2. The van der Waals surface area contributed by atoms with Crippen LogP contribution in [0.5, 0.6) is 0 Å². The van der Waals surface area contributed by atoms with E-state index in [9.17, 15) is 13.2 Å². The van der Waals surface area contributed by atoms with Crippen LogP contribution >= 0.6 is 0 Å². The van der Waals surface area contributed by atoms with Crippen molar-refractivity contribution in [2.75, 3.05) is 32.0 Å². The van der Waals surface area contributed by atoms with Gasteiger partial charge in [0.15, 0.2) is 9.84 Å². The molecule has 1 N–H and O–H groups in total. The molecule has 1 aromatic rings. The minimum atomic E-state index is -3.14. The molecule has 1 atom stereocenters. The summed E-state index contributed by atoms with van der Waals surface area (Å²) in [7, 11) is -3.14. The highest BCUT2D eigenvalue weighted by Gasteiger charge is 2.29. The molecule has 1 aliphatic heterocycles. The summed E-state index contributed by atoms with van der Waals surface area (Å²) in [6.07, 6.45) is 3.44. The van der Waals surface area contributed by atoms with Crippen LogP contribution in [-0.2, 0) is 25.9 Å². The second-order valence-electron chi connectivity index (χ2n) is 7.54. The summed E-state index contributed by atoms with van der Waals surface area (Å²) in [5, 5.41) is 2.61. The summed E-state index contributed by atoms with van der Waals surface area (Å²) in [6.45, 7) is 3.57. The van der Waals surface area contributed by atoms with Crippen molar-refractivity contribution < 1.29 is 17.9 Å². The molecular weight excluding hydrogens is 364 g/mol. The first-order valence-electron chi connectivity index (χ1n) is 9.89. The quantitative estimate of drug-likeness (QED) is 0.727. The van der Waals surface area contributed by atoms with Gasteiger partial charge in [0, 0.05) is 32.6 Å². The van der Waals surface area contributed by atoms with Crippen molar-refractivity contribution in [2.45, 2.75) is 50.0 Å². The molecule has 150 valence electrons. The molecule has 1 saturated heterocycles. The van der Waals surface area contributed by atoms with Gasteiger partial charge in [-0.3, -0.25) is 9.69 Å². The number of benzene rings is 1. The molecule has 0 aromatic heterocycles. The number of amides is 1. The highest BCUT2D eigenvalue weighted by molar-refractivity contribution is 7.92. The molecule has 0 spiro atoms. The van der Waals surface area contributed by atoms with E-state index < -0.39 is 9.84 Å². The lowest BCUT2D eigenvalue weighted by molar-refractivity contribution is -0.122. The number of hydrogen-bond donors (Lipinski definition) is 1. The second kappa shape index (κ2) is 9.66.